The predicted molar refractivity (Wildman–Crippen MR) is 58.4 cm³/mol. The Bertz CT molecular complexity index is 426. The zero-order valence-corrected chi connectivity index (χ0v) is 9.85. The Morgan fingerprint density at radius 3 is 2.53 bits per heavy atom. The third kappa shape index (κ3) is 2.53. The van der Waals surface area contributed by atoms with Crippen molar-refractivity contribution in [1.82, 2.24) is 10.2 Å². The Morgan fingerprint density at radius 1 is 1.33 bits per heavy atom. The van der Waals surface area contributed by atoms with Crippen molar-refractivity contribution in [2.45, 2.75) is 25.3 Å². The smallest absolute Gasteiger partial charge is 0.150 e. The van der Waals surface area contributed by atoms with Crippen LogP contribution in [0.1, 0.15) is 28.8 Å². The van der Waals surface area contributed by atoms with Gasteiger partial charge >= 0.3 is 0 Å². The first-order valence-electron chi connectivity index (χ1n) is 4.83. The van der Waals surface area contributed by atoms with Crippen molar-refractivity contribution in [2.75, 3.05) is 11.5 Å². The van der Waals surface area contributed by atoms with Crippen LogP contribution in [-0.4, -0.2) is 30.1 Å². The monoisotopic (exact) mass is 247 g/mol. The summed E-state index contributed by atoms with van der Waals surface area (Å²) in [4.78, 5) is 0. The van der Waals surface area contributed by atoms with Gasteiger partial charge in [-0.3, -0.25) is 0 Å². The quantitative estimate of drug-likeness (QED) is 0.811. The second-order valence-corrected chi connectivity index (χ2v) is 7.06. The molecule has 1 aromatic heterocycles. The van der Waals surface area contributed by atoms with E-state index in [-0.39, 0.29) is 17.4 Å². The van der Waals surface area contributed by atoms with Gasteiger partial charge in [-0.05, 0) is 12.8 Å². The molecule has 15 heavy (non-hydrogen) atoms. The van der Waals surface area contributed by atoms with Crippen LogP contribution in [0, 0.1) is 0 Å². The van der Waals surface area contributed by atoms with Crippen LogP contribution in [0.3, 0.4) is 0 Å². The van der Waals surface area contributed by atoms with Gasteiger partial charge in [0.15, 0.2) is 0 Å². The van der Waals surface area contributed by atoms with E-state index in [9.17, 15) is 8.42 Å². The van der Waals surface area contributed by atoms with E-state index in [1.807, 2.05) is 0 Å². The number of hydrogen-bond acceptors (Lipinski definition) is 6. The third-order valence-corrected chi connectivity index (χ3v) is 5.38. The third-order valence-electron chi connectivity index (χ3n) is 2.56. The molecule has 2 heterocycles. The van der Waals surface area contributed by atoms with E-state index < -0.39 is 9.84 Å². The molecule has 0 amide bonds. The van der Waals surface area contributed by atoms with E-state index in [1.165, 1.54) is 11.3 Å². The topological polar surface area (TPSA) is 85.9 Å². The summed E-state index contributed by atoms with van der Waals surface area (Å²) in [5, 5.41) is 9.75. The van der Waals surface area contributed by atoms with Crippen molar-refractivity contribution in [1.29, 1.82) is 0 Å². The van der Waals surface area contributed by atoms with E-state index in [1.54, 1.807) is 0 Å². The molecule has 0 radical (unpaired) electrons. The maximum Gasteiger partial charge on any atom is 0.150 e. The lowest BCUT2D eigenvalue weighted by Gasteiger charge is -2.18. The lowest BCUT2D eigenvalue weighted by atomic mass is 10.0. The lowest BCUT2D eigenvalue weighted by Crippen LogP contribution is -2.22. The molecule has 0 atom stereocenters. The van der Waals surface area contributed by atoms with Crippen LogP contribution in [0.2, 0.25) is 0 Å². The Morgan fingerprint density at radius 2 is 2.00 bits per heavy atom. The highest BCUT2D eigenvalue weighted by atomic mass is 32.2. The fraction of sp³-hybridized carbons (Fsp3) is 0.750. The standard InChI is InChI=1S/C8H13N3O2S2/c9-5-7-10-11-8(14-7)6-1-3-15(12,13)4-2-6/h6H,1-5,9H2. The molecule has 1 fully saturated rings. The minimum Gasteiger partial charge on any atom is -0.324 e. The molecular formula is C8H13N3O2S2. The zero-order valence-electron chi connectivity index (χ0n) is 8.22. The molecule has 1 aliphatic rings. The summed E-state index contributed by atoms with van der Waals surface area (Å²) in [6.45, 7) is 0.405. The molecule has 7 heteroatoms. The second-order valence-electron chi connectivity index (χ2n) is 3.66. The first-order valence-corrected chi connectivity index (χ1v) is 7.47. The maximum absolute atomic E-state index is 11.2. The van der Waals surface area contributed by atoms with Crippen LogP contribution >= 0.6 is 11.3 Å². The molecule has 0 unspecified atom stereocenters. The highest BCUT2D eigenvalue weighted by Gasteiger charge is 2.26. The first-order chi connectivity index (χ1) is 7.11. The van der Waals surface area contributed by atoms with Crippen LogP contribution in [0.25, 0.3) is 0 Å². The van der Waals surface area contributed by atoms with Crippen molar-refractivity contribution < 1.29 is 8.42 Å². The second kappa shape index (κ2) is 4.15. The van der Waals surface area contributed by atoms with Crippen molar-refractivity contribution in [3.8, 4) is 0 Å². The normalized spacial score (nSPS) is 21.7. The van der Waals surface area contributed by atoms with Gasteiger partial charge in [0, 0.05) is 12.5 Å². The number of hydrogen-bond donors (Lipinski definition) is 1. The van der Waals surface area contributed by atoms with Gasteiger partial charge in [-0.2, -0.15) is 0 Å². The van der Waals surface area contributed by atoms with Crippen LogP contribution in [0.15, 0.2) is 0 Å². The van der Waals surface area contributed by atoms with E-state index in [0.717, 1.165) is 10.0 Å². The van der Waals surface area contributed by atoms with Gasteiger partial charge in [0.05, 0.1) is 11.5 Å². The van der Waals surface area contributed by atoms with Crippen molar-refractivity contribution in [3.63, 3.8) is 0 Å². The first kappa shape index (κ1) is 11.0. The molecule has 1 saturated heterocycles. The van der Waals surface area contributed by atoms with Gasteiger partial charge in [0.1, 0.15) is 19.9 Å². The SMILES string of the molecule is NCc1nnc(C2CCS(=O)(=O)CC2)s1. The number of sulfone groups is 1. The predicted octanol–water partition coefficient (Wildman–Crippen LogP) is 0.289. The number of nitrogens with two attached hydrogens (primary N) is 1. The van der Waals surface area contributed by atoms with Gasteiger partial charge in [0.25, 0.3) is 0 Å². The molecule has 0 bridgehead atoms. The van der Waals surface area contributed by atoms with E-state index in [4.69, 9.17) is 5.73 Å². The summed E-state index contributed by atoms with van der Waals surface area (Å²) < 4.78 is 22.5. The molecule has 0 saturated carbocycles. The van der Waals surface area contributed by atoms with Crippen molar-refractivity contribution in [2.24, 2.45) is 5.73 Å². The molecule has 0 aliphatic carbocycles. The highest BCUT2D eigenvalue weighted by Crippen LogP contribution is 2.30. The van der Waals surface area contributed by atoms with Gasteiger partial charge in [0.2, 0.25) is 0 Å². The Balaban J connectivity index is 2.07. The van der Waals surface area contributed by atoms with E-state index in [0.29, 0.717) is 19.4 Å². The largest absolute Gasteiger partial charge is 0.324 e. The Kier molecular flexibility index (Phi) is 3.03. The molecule has 84 valence electrons. The Hall–Kier alpha value is -0.530. The molecular weight excluding hydrogens is 234 g/mol. The molecule has 2 N–H and O–H groups in total. The molecule has 0 aromatic carbocycles. The molecule has 1 aromatic rings. The summed E-state index contributed by atoms with van der Waals surface area (Å²) in [5.41, 5.74) is 5.45. The fourth-order valence-electron chi connectivity index (χ4n) is 1.65. The van der Waals surface area contributed by atoms with E-state index >= 15 is 0 Å². The summed E-state index contributed by atoms with van der Waals surface area (Å²) in [6, 6.07) is 0. The number of nitrogens with zero attached hydrogens (tertiary/aromatic N) is 2. The fourth-order valence-corrected chi connectivity index (χ4v) is 4.03. The average Bonchev–Trinajstić information content (AvgIpc) is 2.66. The summed E-state index contributed by atoms with van der Waals surface area (Å²) >= 11 is 1.50. The summed E-state index contributed by atoms with van der Waals surface area (Å²) in [5.74, 6) is 0.802. The van der Waals surface area contributed by atoms with Crippen molar-refractivity contribution in [3.05, 3.63) is 10.0 Å². The highest BCUT2D eigenvalue weighted by molar-refractivity contribution is 7.91. The minimum atomic E-state index is -2.79. The van der Waals surface area contributed by atoms with Gasteiger partial charge in [-0.1, -0.05) is 11.3 Å². The van der Waals surface area contributed by atoms with Gasteiger partial charge in [-0.25, -0.2) is 8.42 Å². The average molecular weight is 247 g/mol. The summed E-state index contributed by atoms with van der Waals surface area (Å²) in [6.07, 6.45) is 1.34. The number of aromatic nitrogens is 2. The lowest BCUT2D eigenvalue weighted by molar-refractivity contribution is 0.547. The van der Waals surface area contributed by atoms with E-state index in [2.05, 4.69) is 10.2 Å². The molecule has 1 aliphatic heterocycles. The minimum absolute atomic E-state index is 0.256. The Labute approximate surface area is 92.6 Å². The molecule has 0 spiro atoms. The van der Waals surface area contributed by atoms with Crippen LogP contribution in [0.4, 0.5) is 0 Å². The molecule has 2 rings (SSSR count). The number of rotatable bonds is 2. The maximum atomic E-state index is 11.2. The van der Waals surface area contributed by atoms with Gasteiger partial charge < -0.3 is 5.73 Å². The zero-order chi connectivity index (χ0) is 10.9. The van der Waals surface area contributed by atoms with Gasteiger partial charge in [-0.15, -0.1) is 10.2 Å². The molecule has 5 nitrogen and oxygen atoms in total. The summed E-state index contributed by atoms with van der Waals surface area (Å²) in [7, 11) is -2.79. The van der Waals surface area contributed by atoms with Crippen molar-refractivity contribution >= 4 is 21.2 Å². The van der Waals surface area contributed by atoms with Crippen LogP contribution < -0.4 is 5.73 Å². The van der Waals surface area contributed by atoms with Crippen LogP contribution in [0.5, 0.6) is 0 Å². The van der Waals surface area contributed by atoms with Crippen LogP contribution in [-0.2, 0) is 16.4 Å².